The Morgan fingerprint density at radius 2 is 0.200 bits per heavy atom. The van der Waals surface area contributed by atoms with Gasteiger partial charge < -0.3 is 61.9 Å². The van der Waals surface area contributed by atoms with Gasteiger partial charge in [0.25, 0.3) is 0 Å². The molecule has 0 saturated carbocycles. The van der Waals surface area contributed by atoms with Gasteiger partial charge in [0.1, 0.15) is 0 Å². The predicted molar refractivity (Wildman–Crippen MR) is 41.7 cm³/mol. The normalized spacial score (nSPS) is 0. The third-order valence-corrected chi connectivity index (χ3v) is 0. The zero-order valence-corrected chi connectivity index (χ0v) is 20.0. The van der Waals surface area contributed by atoms with Crippen molar-refractivity contribution in [3.05, 3.63) is 0 Å². The Kier molecular flexibility index (Phi) is 5820. The molecule has 0 aromatic heterocycles. The largest absolute Gasteiger partial charge is 1.00 e. The summed E-state index contributed by atoms with van der Waals surface area (Å²) in [4.78, 5) is 0. The fourth-order valence-corrected chi connectivity index (χ4v) is 0. The predicted octanol–water partition coefficient (Wildman–Crippen LogP) is -22.7. The van der Waals surface area contributed by atoms with Crippen LogP contribution in [0.2, 0.25) is 0 Å². The van der Waals surface area contributed by atoms with E-state index in [1.165, 1.54) is 0 Å². The molecule has 20 N–H and O–H groups in total. The van der Waals surface area contributed by atoms with Crippen molar-refractivity contribution in [2.45, 2.75) is 0 Å². The molecule has 0 radical (unpaired) electrons. The molecule has 15 heavy (non-hydrogen) atoms. The molecule has 15 heteroatoms. The van der Waals surface area contributed by atoms with Gasteiger partial charge in [-0.15, -0.1) is 0 Å². The van der Waals surface area contributed by atoms with Gasteiger partial charge in [0.2, 0.25) is 0 Å². The minimum absolute atomic E-state index is 0. The molecule has 0 aromatic rings. The SMILES string of the molecule is O.O.O.O.O.O.O.O.O.O.[H-].[H-].[H-].[H-].[H-].[Na+].[Na+].[Na+].[Na+].[Na+]. The van der Waals surface area contributed by atoms with Gasteiger partial charge in [-0.05, 0) is 0 Å². The zero-order valence-electron chi connectivity index (χ0n) is 15.0. The maximum absolute atomic E-state index is 0. The van der Waals surface area contributed by atoms with Gasteiger partial charge in [-0.1, -0.05) is 0 Å². The Morgan fingerprint density at radius 3 is 0.200 bits per heavy atom. The molecule has 0 aliphatic heterocycles. The standard InChI is InChI=1S/5Na.10H2O.5H/h;;;;;10*1H2;;;;;/q5*+1;;;;;;;;;;;5*-1. The quantitative estimate of drug-likeness (QED) is 0.376. The van der Waals surface area contributed by atoms with E-state index in [-0.39, 0.29) is 210 Å². The van der Waals surface area contributed by atoms with E-state index in [2.05, 4.69) is 0 Å². The molecule has 0 saturated heterocycles. The van der Waals surface area contributed by atoms with E-state index in [1.807, 2.05) is 0 Å². The first-order valence-electron chi connectivity index (χ1n) is 0. The second kappa shape index (κ2) is 272. The van der Waals surface area contributed by atoms with Crippen molar-refractivity contribution in [2.75, 3.05) is 0 Å². The van der Waals surface area contributed by atoms with Gasteiger partial charge in [-0.3, -0.25) is 0 Å². The first-order valence-corrected chi connectivity index (χ1v) is 0. The Bertz CT molecular complexity index is 30.0. The van der Waals surface area contributed by atoms with Crippen LogP contribution in [0.3, 0.4) is 0 Å². The number of rotatable bonds is 0. The molecule has 10 nitrogen and oxygen atoms in total. The van der Waals surface area contributed by atoms with E-state index in [0.29, 0.717) is 0 Å². The second-order valence-electron chi connectivity index (χ2n) is 0. The van der Waals surface area contributed by atoms with Crippen LogP contribution in [0.4, 0.5) is 0 Å². The maximum atomic E-state index is 0. The van der Waals surface area contributed by atoms with Gasteiger partial charge >= 0.3 is 148 Å². The van der Waals surface area contributed by atoms with Crippen LogP contribution in [0.5, 0.6) is 0 Å². The van der Waals surface area contributed by atoms with Crippen molar-refractivity contribution in [1.82, 2.24) is 0 Å². The summed E-state index contributed by atoms with van der Waals surface area (Å²) in [6, 6.07) is 0. The fraction of sp³-hybridized carbons (Fsp3) is 0. The van der Waals surface area contributed by atoms with E-state index >= 15 is 0 Å². The van der Waals surface area contributed by atoms with E-state index in [1.54, 1.807) is 0 Å². The Labute approximate surface area is 206 Å². The van der Waals surface area contributed by atoms with Crippen LogP contribution in [0.25, 0.3) is 0 Å². The molecule has 0 heterocycles. The second-order valence-corrected chi connectivity index (χ2v) is 0. The molecule has 0 aliphatic rings. The minimum atomic E-state index is 0. The zero-order chi connectivity index (χ0) is 0. The van der Waals surface area contributed by atoms with Crippen LogP contribution < -0.4 is 148 Å². The fourth-order valence-electron chi connectivity index (χ4n) is 0. The van der Waals surface area contributed by atoms with Crippen molar-refractivity contribution >= 4 is 0 Å². The van der Waals surface area contributed by atoms with Gasteiger partial charge in [-0.25, -0.2) is 0 Å². The van der Waals surface area contributed by atoms with Crippen LogP contribution in [-0.2, 0) is 0 Å². The first kappa shape index (κ1) is 320. The molecule has 0 amide bonds. The van der Waals surface area contributed by atoms with Gasteiger partial charge in [0.05, 0.1) is 0 Å². The van der Waals surface area contributed by atoms with E-state index in [4.69, 9.17) is 0 Å². The van der Waals surface area contributed by atoms with Crippen LogP contribution in [0.15, 0.2) is 0 Å². The van der Waals surface area contributed by atoms with Crippen molar-refractivity contribution in [2.24, 2.45) is 0 Å². The summed E-state index contributed by atoms with van der Waals surface area (Å²) < 4.78 is 0. The first-order chi connectivity index (χ1) is 0. The molecular weight excluding hydrogens is 275 g/mol. The van der Waals surface area contributed by atoms with E-state index in [0.717, 1.165) is 0 Å². The summed E-state index contributed by atoms with van der Waals surface area (Å²) in [6.07, 6.45) is 0. The summed E-state index contributed by atoms with van der Waals surface area (Å²) in [5.41, 5.74) is 0. The third kappa shape index (κ3) is 242. The molecule has 0 aromatic carbocycles. The van der Waals surface area contributed by atoms with Crippen LogP contribution in [0, 0.1) is 0 Å². The van der Waals surface area contributed by atoms with Crippen molar-refractivity contribution in [3.8, 4) is 0 Å². The smallest absolute Gasteiger partial charge is 1.00 e. The van der Waals surface area contributed by atoms with Crippen LogP contribution in [-0.4, -0.2) is 54.8 Å². The summed E-state index contributed by atoms with van der Waals surface area (Å²) >= 11 is 0. The molecule has 0 fully saturated rings. The summed E-state index contributed by atoms with van der Waals surface area (Å²) in [6.45, 7) is 0. The molecule has 0 bridgehead atoms. The minimum Gasteiger partial charge on any atom is -1.00 e. The Balaban J connectivity index is 0. The number of hydrogen-bond acceptors (Lipinski definition) is 0. The Morgan fingerprint density at radius 1 is 0.200 bits per heavy atom. The molecule has 0 unspecified atom stereocenters. The van der Waals surface area contributed by atoms with Gasteiger partial charge in [-0.2, -0.15) is 0 Å². The maximum Gasteiger partial charge on any atom is 1.00 e. The number of hydrogen-bond donors (Lipinski definition) is 0. The average molecular weight is 300 g/mol. The molecule has 0 rings (SSSR count). The van der Waals surface area contributed by atoms with Crippen molar-refractivity contribution in [1.29, 1.82) is 0 Å². The average Bonchev–Trinajstić information content (AvgIpc) is 0. The monoisotopic (exact) mass is 300 g/mol. The van der Waals surface area contributed by atoms with Crippen LogP contribution in [0.1, 0.15) is 7.13 Å². The topological polar surface area (TPSA) is 315 Å². The molecule has 90 valence electrons. The van der Waals surface area contributed by atoms with Crippen molar-refractivity contribution in [3.63, 3.8) is 0 Å². The third-order valence-electron chi connectivity index (χ3n) is 0. The van der Waals surface area contributed by atoms with Crippen molar-refractivity contribution < 1.29 is 210 Å². The van der Waals surface area contributed by atoms with E-state index in [9.17, 15) is 0 Å². The van der Waals surface area contributed by atoms with Gasteiger partial charge in [0.15, 0.2) is 0 Å². The summed E-state index contributed by atoms with van der Waals surface area (Å²) in [5, 5.41) is 0. The Hall–Kier alpha value is 4.60. The van der Waals surface area contributed by atoms with Gasteiger partial charge in [0, 0.05) is 0 Å². The molecule has 0 aliphatic carbocycles. The molecule has 0 spiro atoms. The van der Waals surface area contributed by atoms with Crippen LogP contribution >= 0.6 is 0 Å². The summed E-state index contributed by atoms with van der Waals surface area (Å²) in [7, 11) is 0. The molecule has 0 atom stereocenters. The summed E-state index contributed by atoms with van der Waals surface area (Å²) in [5.74, 6) is 0. The van der Waals surface area contributed by atoms with E-state index < -0.39 is 0 Å². The molecular formula is H25Na5O10.